The van der Waals surface area contributed by atoms with E-state index >= 15 is 0 Å². The molecule has 0 spiro atoms. The molecule has 22 heavy (non-hydrogen) atoms. The van der Waals surface area contributed by atoms with Gasteiger partial charge >= 0.3 is 23.5 Å². The van der Waals surface area contributed by atoms with E-state index in [1.807, 2.05) is 0 Å². The fourth-order valence-corrected chi connectivity index (χ4v) is 3.40. The summed E-state index contributed by atoms with van der Waals surface area (Å²) in [6.07, 6.45) is 0. The average Bonchev–Trinajstić information content (AvgIpc) is 2.05. The highest BCUT2D eigenvalue weighted by Gasteiger charge is 2.38. The van der Waals surface area contributed by atoms with Crippen molar-refractivity contribution in [2.24, 2.45) is 0 Å². The number of phosphoric acid groups is 3. The van der Waals surface area contributed by atoms with Gasteiger partial charge in [-0.15, -0.1) is 0 Å². The number of benzene rings is 1. The first-order chi connectivity index (χ1) is 9.60. The van der Waals surface area contributed by atoms with E-state index in [4.69, 9.17) is 39.8 Å². The van der Waals surface area contributed by atoms with Gasteiger partial charge in [-0.05, 0) is 0 Å². The van der Waals surface area contributed by atoms with Crippen LogP contribution in [0.4, 0.5) is 0 Å². The van der Waals surface area contributed by atoms with Gasteiger partial charge in [0.15, 0.2) is 0 Å². The molecule has 1 aromatic rings. The molecule has 0 aromatic heterocycles. The summed E-state index contributed by atoms with van der Waals surface area (Å²) < 4.78 is 36.4. The Morgan fingerprint density at radius 1 is 0.636 bits per heavy atom. The average molecular weight is 384 g/mol. The van der Waals surface area contributed by atoms with Crippen LogP contribution in [0, 0.1) is 0 Å². The van der Waals surface area contributed by atoms with Crippen molar-refractivity contribution in [3.8, 4) is 17.2 Å². The van der Waals surface area contributed by atoms with Gasteiger partial charge in [0, 0.05) is 18.2 Å². The number of rotatable bonds is 4. The Kier molecular flexibility index (Phi) is 7.20. The van der Waals surface area contributed by atoms with Gasteiger partial charge in [0.2, 0.25) is 0 Å². The quantitative estimate of drug-likeness (QED) is 0.322. The molecule has 0 saturated heterocycles. The summed E-state index contributed by atoms with van der Waals surface area (Å²) in [6.45, 7) is 0. The van der Waals surface area contributed by atoms with Crippen molar-refractivity contribution < 1.29 is 62.1 Å². The molecule has 8 N–H and O–H groups in total. The Morgan fingerprint density at radius 3 is 1.05 bits per heavy atom. The normalized spacial score (nSPS) is 12.4. The van der Waals surface area contributed by atoms with Crippen LogP contribution in [0.15, 0.2) is 18.2 Å². The van der Waals surface area contributed by atoms with Crippen LogP contribution in [0.1, 0.15) is 0 Å². The van der Waals surface area contributed by atoms with Gasteiger partial charge in [0.25, 0.3) is 0 Å². The van der Waals surface area contributed by atoms with Crippen LogP contribution in [-0.2, 0) is 22.3 Å². The van der Waals surface area contributed by atoms with Gasteiger partial charge in [-0.2, -0.15) is 8.62 Å². The number of phenols is 3. The van der Waals surface area contributed by atoms with Crippen molar-refractivity contribution >= 4 is 23.5 Å². The van der Waals surface area contributed by atoms with Crippen LogP contribution in [0.5, 0.6) is 17.2 Å². The molecule has 0 radical (unpaired) electrons. The molecule has 0 unspecified atom stereocenters. The Balaban J connectivity index is 0.000000425. The molecule has 0 aliphatic rings. The molecule has 0 fully saturated rings. The summed E-state index contributed by atoms with van der Waals surface area (Å²) in [4.78, 5) is 40.2. The van der Waals surface area contributed by atoms with Crippen molar-refractivity contribution in [3.05, 3.63) is 18.2 Å². The van der Waals surface area contributed by atoms with Crippen LogP contribution in [-0.4, -0.2) is 39.8 Å². The third-order valence-electron chi connectivity index (χ3n) is 1.31. The van der Waals surface area contributed by atoms with Crippen LogP contribution in [0.3, 0.4) is 0 Å². The first kappa shape index (κ1) is 21.0. The first-order valence-electron chi connectivity index (χ1n) is 4.68. The molecule has 0 aliphatic heterocycles. The van der Waals surface area contributed by atoms with Crippen LogP contribution < -0.4 is 0 Å². The molecule has 13 nitrogen and oxygen atoms in total. The lowest BCUT2D eigenvalue weighted by Gasteiger charge is -2.11. The van der Waals surface area contributed by atoms with Gasteiger partial charge in [-0.3, -0.25) is 0 Å². The third kappa shape index (κ3) is 11.7. The second kappa shape index (κ2) is 7.53. The second-order valence-electron chi connectivity index (χ2n) is 3.32. The molecule has 0 heterocycles. The third-order valence-corrected chi connectivity index (χ3v) is 4.66. The Morgan fingerprint density at radius 2 is 0.864 bits per heavy atom. The summed E-state index contributed by atoms with van der Waals surface area (Å²) in [6, 6.07) is 3.42. The standard InChI is InChI=1S/C6H6O3.H5O10P3/c7-4-1-5(8)3-6(9)2-4;1-11(2,3)9-13(7,8)10-12(4,5)6/h1-3,7-9H;(H,7,8)(H2,1,2,3)(H2,4,5,6). The van der Waals surface area contributed by atoms with E-state index in [1.165, 1.54) is 0 Å². The second-order valence-corrected chi connectivity index (χ2v) is 7.53. The molecule has 0 saturated carbocycles. The molecule has 0 atom stereocenters. The fraction of sp³-hybridized carbons (Fsp3) is 0. The molecule has 0 amide bonds. The topological polar surface area (TPSA) is 232 Å². The zero-order valence-electron chi connectivity index (χ0n) is 10.2. The lowest BCUT2D eigenvalue weighted by molar-refractivity contribution is 0.204. The molecule has 0 bridgehead atoms. The van der Waals surface area contributed by atoms with E-state index in [9.17, 15) is 13.7 Å². The SMILES string of the molecule is O=P(O)(O)OP(=O)(O)OP(=O)(O)O.Oc1cc(O)cc(O)c1. The lowest BCUT2D eigenvalue weighted by Crippen LogP contribution is -1.91. The smallest absolute Gasteiger partial charge is 0.490 e. The van der Waals surface area contributed by atoms with Crippen LogP contribution in [0.2, 0.25) is 0 Å². The van der Waals surface area contributed by atoms with Gasteiger partial charge in [-0.25, -0.2) is 13.7 Å². The summed E-state index contributed by atoms with van der Waals surface area (Å²) >= 11 is 0. The van der Waals surface area contributed by atoms with Crippen LogP contribution in [0.25, 0.3) is 0 Å². The number of hydrogen-bond acceptors (Lipinski definition) is 8. The van der Waals surface area contributed by atoms with Crippen molar-refractivity contribution in [3.63, 3.8) is 0 Å². The first-order valence-corrected chi connectivity index (χ1v) is 9.24. The summed E-state index contributed by atoms with van der Waals surface area (Å²) in [5, 5.41) is 26.0. The molecular formula is C6H11O13P3. The minimum Gasteiger partial charge on any atom is -0.508 e. The Hall–Kier alpha value is -0.970. The van der Waals surface area contributed by atoms with E-state index in [0.717, 1.165) is 18.2 Å². The van der Waals surface area contributed by atoms with Crippen molar-refractivity contribution in [2.45, 2.75) is 0 Å². The number of aromatic hydroxyl groups is 3. The van der Waals surface area contributed by atoms with Crippen molar-refractivity contribution in [1.82, 2.24) is 0 Å². The molecule has 1 rings (SSSR count). The van der Waals surface area contributed by atoms with Crippen LogP contribution >= 0.6 is 23.5 Å². The van der Waals surface area contributed by atoms with E-state index in [2.05, 4.69) is 8.62 Å². The fourth-order valence-electron chi connectivity index (χ4n) is 0.863. The molecular weight excluding hydrogens is 373 g/mol. The summed E-state index contributed by atoms with van der Waals surface area (Å²) in [7, 11) is -16.2. The van der Waals surface area contributed by atoms with Crippen molar-refractivity contribution in [2.75, 3.05) is 0 Å². The molecule has 128 valence electrons. The summed E-state index contributed by atoms with van der Waals surface area (Å²) in [5.41, 5.74) is 0. The summed E-state index contributed by atoms with van der Waals surface area (Å²) in [5.74, 6) is -0.437. The highest BCUT2D eigenvalue weighted by atomic mass is 31.3. The maximum Gasteiger partial charge on any atom is 0.490 e. The van der Waals surface area contributed by atoms with E-state index in [0.29, 0.717) is 0 Å². The van der Waals surface area contributed by atoms with E-state index in [-0.39, 0.29) is 17.2 Å². The maximum absolute atomic E-state index is 10.4. The molecule has 16 heteroatoms. The lowest BCUT2D eigenvalue weighted by atomic mass is 10.3. The van der Waals surface area contributed by atoms with Gasteiger partial charge < -0.3 is 39.8 Å². The Bertz CT molecular complexity index is 565. The van der Waals surface area contributed by atoms with E-state index in [1.54, 1.807) is 0 Å². The predicted octanol–water partition coefficient (Wildman–Crippen LogP) is 0.109. The highest BCUT2D eigenvalue weighted by molar-refractivity contribution is 7.66. The zero-order valence-corrected chi connectivity index (χ0v) is 12.9. The van der Waals surface area contributed by atoms with E-state index < -0.39 is 23.5 Å². The number of phenolic OH excluding ortho intramolecular Hbond substituents is 3. The predicted molar refractivity (Wildman–Crippen MR) is 67.5 cm³/mol. The number of hydrogen-bond donors (Lipinski definition) is 8. The largest absolute Gasteiger partial charge is 0.508 e. The zero-order chi connectivity index (χ0) is 17.8. The highest BCUT2D eigenvalue weighted by Crippen LogP contribution is 2.64. The van der Waals surface area contributed by atoms with Gasteiger partial charge in [0.1, 0.15) is 17.2 Å². The minimum absolute atomic E-state index is 0.146. The molecule has 1 aromatic carbocycles. The minimum atomic E-state index is -5.46. The Labute approximate surface area is 122 Å². The maximum atomic E-state index is 10.4. The van der Waals surface area contributed by atoms with Gasteiger partial charge in [0.05, 0.1) is 0 Å². The van der Waals surface area contributed by atoms with Crippen molar-refractivity contribution in [1.29, 1.82) is 0 Å². The monoisotopic (exact) mass is 384 g/mol. The van der Waals surface area contributed by atoms with Gasteiger partial charge in [-0.1, -0.05) is 0 Å². The molecule has 0 aliphatic carbocycles.